The normalized spacial score (nSPS) is 16.8. The van der Waals surface area contributed by atoms with E-state index in [9.17, 15) is 29.4 Å². The maximum atomic E-state index is 13.1. The van der Waals surface area contributed by atoms with E-state index in [0.29, 0.717) is 12.8 Å². The number of aliphatic carboxylic acids is 2. The molecule has 2 heterocycles. The minimum atomic E-state index is -1.31. The van der Waals surface area contributed by atoms with Crippen LogP contribution < -0.4 is 0 Å². The number of carbonyl (C=O) groups is 4. The molecule has 0 bridgehead atoms. The Morgan fingerprint density at radius 2 is 1.12 bits per heavy atom. The fourth-order valence-electron chi connectivity index (χ4n) is 3.50. The average Bonchev–Trinajstić information content (AvgIpc) is 2.76. The van der Waals surface area contributed by atoms with Gasteiger partial charge >= 0.3 is 23.9 Å². The van der Waals surface area contributed by atoms with Crippen LogP contribution in [0.3, 0.4) is 0 Å². The Hall–Kier alpha value is -3.44. The maximum Gasteiger partial charge on any atom is 0.364 e. The number of hydrogen-bond acceptors (Lipinski definition) is 9. The topological polar surface area (TPSA) is 131 Å². The van der Waals surface area contributed by atoms with E-state index in [-0.39, 0.29) is 35.4 Å². The van der Waals surface area contributed by atoms with E-state index < -0.39 is 23.9 Å². The Morgan fingerprint density at radius 3 is 1.36 bits per heavy atom. The fraction of sp³-hybridized carbons (Fsp3) is 0.455. The lowest BCUT2D eigenvalue weighted by atomic mass is 9.98. The molecule has 180 valence electrons. The van der Waals surface area contributed by atoms with Crippen LogP contribution in [-0.2, 0) is 23.9 Å². The van der Waals surface area contributed by atoms with E-state index in [0.717, 1.165) is 11.1 Å². The van der Waals surface area contributed by atoms with Gasteiger partial charge in [-0.1, -0.05) is 13.8 Å². The molecule has 0 amide bonds. The summed E-state index contributed by atoms with van der Waals surface area (Å²) < 4.78 is 5.07. The van der Waals surface area contributed by atoms with Gasteiger partial charge in [0.15, 0.2) is 11.4 Å². The van der Waals surface area contributed by atoms with Crippen molar-refractivity contribution in [3.05, 3.63) is 46.1 Å². The van der Waals surface area contributed by atoms with Gasteiger partial charge < -0.3 is 14.9 Å². The van der Waals surface area contributed by atoms with E-state index >= 15 is 0 Å². The fourth-order valence-corrected chi connectivity index (χ4v) is 3.50. The largest absolute Gasteiger partial charge is 0.478 e. The number of carbonyl (C=O) groups excluding carboxylic acids is 2. The molecule has 0 aromatic rings. The first-order valence-electron chi connectivity index (χ1n) is 10.4. The third-order valence-corrected chi connectivity index (χ3v) is 5.31. The quantitative estimate of drug-likeness (QED) is 0.403. The van der Waals surface area contributed by atoms with Gasteiger partial charge in [0.05, 0.1) is 11.1 Å². The SMILES string of the molecule is CCC1=CN(N(C)C)C(C(=O)OC(=O)C2=C(C(=O)O)CC(CC)=CN2N(C)C)=C(C(=O)O)C1. The molecule has 2 rings (SSSR count). The Balaban J connectivity index is 2.49. The van der Waals surface area contributed by atoms with Crippen LogP contribution in [0.15, 0.2) is 46.1 Å². The number of hydrogen-bond donors (Lipinski definition) is 2. The molecule has 0 spiro atoms. The molecule has 11 nitrogen and oxygen atoms in total. The van der Waals surface area contributed by atoms with E-state index in [1.54, 1.807) is 40.6 Å². The molecular formula is C22H30N4O7. The van der Waals surface area contributed by atoms with Crippen molar-refractivity contribution in [2.24, 2.45) is 0 Å². The van der Waals surface area contributed by atoms with Crippen molar-refractivity contribution in [2.75, 3.05) is 28.2 Å². The minimum absolute atomic E-state index is 0.0181. The molecule has 0 saturated heterocycles. The van der Waals surface area contributed by atoms with Crippen LogP contribution in [0.1, 0.15) is 39.5 Å². The number of carboxylic acid groups (broad SMARTS) is 2. The average molecular weight is 463 g/mol. The van der Waals surface area contributed by atoms with Crippen molar-refractivity contribution in [2.45, 2.75) is 39.5 Å². The van der Waals surface area contributed by atoms with Gasteiger partial charge in [-0.2, -0.15) is 0 Å². The van der Waals surface area contributed by atoms with Crippen molar-refractivity contribution >= 4 is 23.9 Å². The van der Waals surface area contributed by atoms with Crippen LogP contribution >= 0.6 is 0 Å². The summed E-state index contributed by atoms with van der Waals surface area (Å²) in [5.74, 6) is -4.99. The monoisotopic (exact) mass is 462 g/mol. The molecule has 0 fully saturated rings. The lowest BCUT2D eigenvalue weighted by Gasteiger charge is -2.35. The standard InChI is InChI=1S/C22H30N4O7/c1-7-13-9-15(19(27)28)17(25(11-13)23(3)4)21(31)33-22(32)18-16(20(29)30)10-14(8-2)12-26(18)24(5)6/h11-12H,7-10H2,1-6H3,(H,27,28)(H,29,30). The predicted molar refractivity (Wildman–Crippen MR) is 117 cm³/mol. The highest BCUT2D eigenvalue weighted by atomic mass is 16.6. The Kier molecular flexibility index (Phi) is 8.18. The minimum Gasteiger partial charge on any atom is -0.478 e. The molecular weight excluding hydrogens is 432 g/mol. The van der Waals surface area contributed by atoms with Crippen molar-refractivity contribution in [3.63, 3.8) is 0 Å². The van der Waals surface area contributed by atoms with Crippen molar-refractivity contribution in [3.8, 4) is 0 Å². The van der Waals surface area contributed by atoms with Gasteiger partial charge in [-0.05, 0) is 24.0 Å². The highest BCUT2D eigenvalue weighted by Gasteiger charge is 2.37. The van der Waals surface area contributed by atoms with E-state index in [2.05, 4.69) is 0 Å². The summed E-state index contributed by atoms with van der Waals surface area (Å²) in [7, 11) is 6.45. The Labute approximate surface area is 192 Å². The van der Waals surface area contributed by atoms with Crippen LogP contribution in [0.5, 0.6) is 0 Å². The van der Waals surface area contributed by atoms with Gasteiger partial charge in [0, 0.05) is 53.4 Å². The summed E-state index contributed by atoms with van der Waals surface area (Å²) in [5, 5.41) is 25.0. The number of rotatable bonds is 8. The zero-order valence-corrected chi connectivity index (χ0v) is 19.7. The number of nitrogens with zero attached hydrogens (tertiary/aromatic N) is 4. The van der Waals surface area contributed by atoms with Crippen molar-refractivity contribution < 1.29 is 34.1 Å². The number of carboxylic acids is 2. The van der Waals surface area contributed by atoms with Crippen LogP contribution in [0.4, 0.5) is 0 Å². The summed E-state index contributed by atoms with van der Waals surface area (Å²) in [4.78, 5) is 50.0. The lowest BCUT2D eigenvalue weighted by molar-refractivity contribution is -0.159. The number of allylic oxidation sites excluding steroid dienone is 2. The second-order valence-corrected chi connectivity index (χ2v) is 7.96. The van der Waals surface area contributed by atoms with Crippen LogP contribution in [-0.4, -0.2) is 82.3 Å². The Morgan fingerprint density at radius 1 is 0.788 bits per heavy atom. The molecule has 2 aliphatic rings. The predicted octanol–water partition coefficient (Wildman–Crippen LogP) is 1.69. The van der Waals surface area contributed by atoms with E-state index in [1.165, 1.54) is 20.0 Å². The zero-order valence-electron chi connectivity index (χ0n) is 19.7. The van der Waals surface area contributed by atoms with E-state index in [1.807, 2.05) is 13.8 Å². The highest BCUT2D eigenvalue weighted by molar-refractivity contribution is 6.08. The van der Waals surface area contributed by atoms with Gasteiger partial charge in [0.25, 0.3) is 0 Å². The third-order valence-electron chi connectivity index (χ3n) is 5.31. The van der Waals surface area contributed by atoms with Crippen molar-refractivity contribution in [1.29, 1.82) is 0 Å². The van der Waals surface area contributed by atoms with Crippen LogP contribution in [0.25, 0.3) is 0 Å². The smallest absolute Gasteiger partial charge is 0.364 e. The molecule has 0 aromatic carbocycles. The molecule has 0 atom stereocenters. The molecule has 33 heavy (non-hydrogen) atoms. The number of esters is 2. The number of hydrazine groups is 2. The molecule has 0 saturated carbocycles. The van der Waals surface area contributed by atoms with Gasteiger partial charge in [0.2, 0.25) is 0 Å². The first kappa shape index (κ1) is 25.8. The molecule has 2 N–H and O–H groups in total. The molecule has 0 aliphatic carbocycles. The summed E-state index contributed by atoms with van der Waals surface area (Å²) >= 11 is 0. The van der Waals surface area contributed by atoms with E-state index in [4.69, 9.17) is 4.74 Å². The van der Waals surface area contributed by atoms with Gasteiger partial charge in [-0.15, -0.1) is 0 Å². The third kappa shape index (κ3) is 5.49. The van der Waals surface area contributed by atoms with Crippen LogP contribution in [0.2, 0.25) is 0 Å². The second kappa shape index (κ2) is 10.5. The first-order chi connectivity index (χ1) is 15.4. The van der Waals surface area contributed by atoms with Gasteiger partial charge in [-0.3, -0.25) is 10.0 Å². The molecule has 0 aromatic heterocycles. The molecule has 0 unspecified atom stereocenters. The first-order valence-corrected chi connectivity index (χ1v) is 10.4. The Bertz CT molecular complexity index is 911. The van der Waals surface area contributed by atoms with Gasteiger partial charge in [0.1, 0.15) is 0 Å². The zero-order chi connectivity index (χ0) is 25.0. The maximum absolute atomic E-state index is 13.1. The second-order valence-electron chi connectivity index (χ2n) is 7.96. The summed E-state index contributed by atoms with van der Waals surface area (Å²) in [6.07, 6.45) is 4.42. The summed E-state index contributed by atoms with van der Waals surface area (Å²) in [6.45, 7) is 3.73. The molecule has 11 heteroatoms. The molecule has 2 aliphatic heterocycles. The highest BCUT2D eigenvalue weighted by Crippen LogP contribution is 2.31. The summed E-state index contributed by atoms with van der Waals surface area (Å²) in [6, 6.07) is 0. The van der Waals surface area contributed by atoms with Crippen LogP contribution in [0, 0.1) is 0 Å². The number of ether oxygens (including phenoxy) is 1. The molecule has 0 radical (unpaired) electrons. The van der Waals surface area contributed by atoms with Crippen molar-refractivity contribution in [1.82, 2.24) is 20.0 Å². The lowest BCUT2D eigenvalue weighted by Crippen LogP contribution is -2.42. The summed E-state index contributed by atoms with van der Waals surface area (Å²) in [5.41, 5.74) is 0.510. The van der Waals surface area contributed by atoms with Gasteiger partial charge in [-0.25, -0.2) is 29.2 Å².